The molecule has 1 aliphatic heterocycles. The number of para-hydroxylation sites is 2. The molecule has 5 nitrogen and oxygen atoms in total. The molecule has 0 bridgehead atoms. The first-order valence-corrected chi connectivity index (χ1v) is 11.1. The number of hydrogen-bond acceptors (Lipinski definition) is 5. The van der Waals surface area contributed by atoms with Gasteiger partial charge in [0.25, 0.3) is 11.8 Å². The smallest absolute Gasteiger partial charge is 0.282 e. The first kappa shape index (κ1) is 20.9. The third kappa shape index (κ3) is 3.99. The number of thiophene rings is 1. The second kappa shape index (κ2) is 8.78. The molecule has 0 fully saturated rings. The molecule has 31 heavy (non-hydrogen) atoms. The Labute approximate surface area is 186 Å². The van der Waals surface area contributed by atoms with Gasteiger partial charge in [-0.15, -0.1) is 11.3 Å². The third-order valence-corrected chi connectivity index (χ3v) is 6.00. The molecule has 1 aliphatic rings. The van der Waals surface area contributed by atoms with Gasteiger partial charge in [-0.3, -0.25) is 9.59 Å². The van der Waals surface area contributed by atoms with Crippen LogP contribution in [-0.2, 0) is 9.59 Å². The molecule has 0 saturated heterocycles. The van der Waals surface area contributed by atoms with E-state index in [2.05, 4.69) is 19.2 Å². The second-order valence-electron chi connectivity index (χ2n) is 7.47. The van der Waals surface area contributed by atoms with E-state index in [4.69, 9.17) is 4.74 Å². The van der Waals surface area contributed by atoms with Crippen LogP contribution in [0.1, 0.15) is 37.1 Å². The predicted molar refractivity (Wildman–Crippen MR) is 125 cm³/mol. The SMILES string of the molecule is CCOc1ccccc1NC1=C(c2cccs2)C(=O)N(c2ccc(C(C)C)cc2)C1=O. The molecule has 0 radical (unpaired) electrons. The van der Waals surface area contributed by atoms with Crippen molar-refractivity contribution in [3.05, 3.63) is 82.2 Å². The maximum absolute atomic E-state index is 13.5. The number of carbonyl (C=O) groups excluding carboxylic acids is 2. The summed E-state index contributed by atoms with van der Waals surface area (Å²) in [6.07, 6.45) is 0. The number of imide groups is 1. The predicted octanol–water partition coefficient (Wildman–Crippen LogP) is 5.67. The monoisotopic (exact) mass is 432 g/mol. The van der Waals surface area contributed by atoms with Gasteiger partial charge in [-0.1, -0.05) is 44.2 Å². The number of anilines is 2. The van der Waals surface area contributed by atoms with Gasteiger partial charge in [0.15, 0.2) is 0 Å². The number of nitrogens with zero attached hydrogens (tertiary/aromatic N) is 1. The van der Waals surface area contributed by atoms with E-state index in [1.165, 1.54) is 16.2 Å². The molecule has 1 aromatic heterocycles. The number of carbonyl (C=O) groups is 2. The van der Waals surface area contributed by atoms with Crippen molar-refractivity contribution in [3.63, 3.8) is 0 Å². The van der Waals surface area contributed by atoms with Crippen LogP contribution in [0.2, 0.25) is 0 Å². The Balaban J connectivity index is 1.76. The Kier molecular flexibility index (Phi) is 5.91. The molecule has 3 aromatic rings. The van der Waals surface area contributed by atoms with Crippen LogP contribution in [0.5, 0.6) is 5.75 Å². The maximum atomic E-state index is 13.5. The number of amides is 2. The van der Waals surface area contributed by atoms with Crippen LogP contribution in [0.25, 0.3) is 5.57 Å². The summed E-state index contributed by atoms with van der Waals surface area (Å²) in [6, 6.07) is 18.7. The van der Waals surface area contributed by atoms with Gasteiger partial charge in [0.05, 0.1) is 23.6 Å². The summed E-state index contributed by atoms with van der Waals surface area (Å²) in [5.74, 6) is 0.285. The Hall–Kier alpha value is -3.38. The van der Waals surface area contributed by atoms with Gasteiger partial charge in [-0.05, 0) is 54.1 Å². The minimum Gasteiger partial charge on any atom is -0.492 e. The largest absolute Gasteiger partial charge is 0.492 e. The number of ether oxygens (including phenoxy) is 1. The van der Waals surface area contributed by atoms with Crippen molar-refractivity contribution in [2.75, 3.05) is 16.8 Å². The Morgan fingerprint density at radius 2 is 1.71 bits per heavy atom. The summed E-state index contributed by atoms with van der Waals surface area (Å²) < 4.78 is 5.69. The average Bonchev–Trinajstić information content (AvgIpc) is 3.36. The summed E-state index contributed by atoms with van der Waals surface area (Å²) in [4.78, 5) is 28.9. The number of nitrogens with one attached hydrogen (secondary N) is 1. The first-order valence-electron chi connectivity index (χ1n) is 10.3. The van der Waals surface area contributed by atoms with Gasteiger partial charge < -0.3 is 10.1 Å². The van der Waals surface area contributed by atoms with Gasteiger partial charge in [-0.2, -0.15) is 0 Å². The number of hydrogen-bond donors (Lipinski definition) is 1. The molecule has 6 heteroatoms. The Morgan fingerprint density at radius 1 is 0.968 bits per heavy atom. The summed E-state index contributed by atoms with van der Waals surface area (Å²) in [6.45, 7) is 6.61. The lowest BCUT2D eigenvalue weighted by atomic mass is 10.0. The molecule has 0 aliphatic carbocycles. The minimum absolute atomic E-state index is 0.257. The summed E-state index contributed by atoms with van der Waals surface area (Å²) in [5.41, 5.74) is 2.99. The van der Waals surface area contributed by atoms with E-state index in [-0.39, 0.29) is 17.5 Å². The fourth-order valence-corrected chi connectivity index (χ4v) is 4.29. The molecule has 2 aromatic carbocycles. The van der Waals surface area contributed by atoms with Gasteiger partial charge in [0.1, 0.15) is 11.4 Å². The van der Waals surface area contributed by atoms with Gasteiger partial charge in [0.2, 0.25) is 0 Å². The number of benzene rings is 2. The lowest BCUT2D eigenvalue weighted by molar-refractivity contribution is -0.120. The van der Waals surface area contributed by atoms with Crippen molar-refractivity contribution in [1.82, 2.24) is 0 Å². The van der Waals surface area contributed by atoms with Gasteiger partial charge >= 0.3 is 0 Å². The van der Waals surface area contributed by atoms with Crippen molar-refractivity contribution >= 4 is 40.1 Å². The van der Waals surface area contributed by atoms with Crippen molar-refractivity contribution < 1.29 is 14.3 Å². The van der Waals surface area contributed by atoms with E-state index < -0.39 is 0 Å². The van der Waals surface area contributed by atoms with Crippen molar-refractivity contribution in [3.8, 4) is 5.75 Å². The van der Waals surface area contributed by atoms with Gasteiger partial charge in [-0.25, -0.2) is 4.90 Å². The average molecular weight is 433 g/mol. The molecule has 2 heterocycles. The highest BCUT2D eigenvalue weighted by atomic mass is 32.1. The van der Waals surface area contributed by atoms with E-state index in [1.807, 2.05) is 73.0 Å². The zero-order chi connectivity index (χ0) is 22.0. The Bertz CT molecular complexity index is 1130. The van der Waals surface area contributed by atoms with E-state index in [0.29, 0.717) is 35.2 Å². The summed E-state index contributed by atoms with van der Waals surface area (Å²) in [5, 5.41) is 5.09. The van der Waals surface area contributed by atoms with E-state index >= 15 is 0 Å². The van der Waals surface area contributed by atoms with Crippen LogP contribution in [0.4, 0.5) is 11.4 Å². The fraction of sp³-hybridized carbons (Fsp3) is 0.200. The summed E-state index contributed by atoms with van der Waals surface area (Å²) in [7, 11) is 0. The van der Waals surface area contributed by atoms with Gasteiger partial charge in [0, 0.05) is 4.88 Å². The lowest BCUT2D eigenvalue weighted by Gasteiger charge is -2.17. The first-order chi connectivity index (χ1) is 15.0. The normalized spacial score (nSPS) is 14.0. The molecule has 4 rings (SSSR count). The molecule has 0 spiro atoms. The summed E-state index contributed by atoms with van der Waals surface area (Å²) >= 11 is 1.43. The van der Waals surface area contributed by atoms with E-state index in [0.717, 1.165) is 10.4 Å². The van der Waals surface area contributed by atoms with Crippen LogP contribution in [0, 0.1) is 0 Å². The molecular weight excluding hydrogens is 408 g/mol. The Morgan fingerprint density at radius 3 is 2.35 bits per heavy atom. The maximum Gasteiger partial charge on any atom is 0.282 e. The molecule has 2 amide bonds. The topological polar surface area (TPSA) is 58.6 Å². The third-order valence-electron chi connectivity index (χ3n) is 5.12. The number of rotatable bonds is 7. The highest BCUT2D eigenvalue weighted by Crippen LogP contribution is 2.37. The van der Waals surface area contributed by atoms with Crippen LogP contribution >= 0.6 is 11.3 Å². The zero-order valence-corrected chi connectivity index (χ0v) is 18.5. The van der Waals surface area contributed by atoms with Crippen LogP contribution in [-0.4, -0.2) is 18.4 Å². The van der Waals surface area contributed by atoms with E-state index in [1.54, 1.807) is 0 Å². The quantitative estimate of drug-likeness (QED) is 0.489. The minimum atomic E-state index is -0.378. The molecule has 0 atom stereocenters. The molecule has 0 saturated carbocycles. The zero-order valence-electron chi connectivity index (χ0n) is 17.7. The fourth-order valence-electron chi connectivity index (χ4n) is 3.52. The van der Waals surface area contributed by atoms with Crippen LogP contribution in [0.15, 0.2) is 71.7 Å². The van der Waals surface area contributed by atoms with Crippen LogP contribution < -0.4 is 15.0 Å². The highest BCUT2D eigenvalue weighted by Gasteiger charge is 2.41. The van der Waals surface area contributed by atoms with E-state index in [9.17, 15) is 9.59 Å². The molecule has 0 unspecified atom stereocenters. The lowest BCUT2D eigenvalue weighted by Crippen LogP contribution is -2.32. The van der Waals surface area contributed by atoms with Crippen molar-refractivity contribution in [2.45, 2.75) is 26.7 Å². The molecule has 1 N–H and O–H groups in total. The molecular formula is C25H24N2O3S. The highest BCUT2D eigenvalue weighted by molar-refractivity contribution is 7.11. The standard InChI is InChI=1S/C25H24N2O3S/c1-4-30-20-9-6-5-8-19(20)26-23-22(21-10-7-15-31-21)24(28)27(25(23)29)18-13-11-17(12-14-18)16(2)3/h5-16,26H,4H2,1-3H3. The van der Waals surface area contributed by atoms with Crippen molar-refractivity contribution in [2.24, 2.45) is 0 Å². The van der Waals surface area contributed by atoms with Crippen LogP contribution in [0.3, 0.4) is 0 Å². The van der Waals surface area contributed by atoms with Crippen molar-refractivity contribution in [1.29, 1.82) is 0 Å². The molecule has 158 valence electrons. The second-order valence-corrected chi connectivity index (χ2v) is 8.42.